The van der Waals surface area contributed by atoms with E-state index in [0.29, 0.717) is 17.9 Å². The summed E-state index contributed by atoms with van der Waals surface area (Å²) >= 11 is 6.58. The van der Waals surface area contributed by atoms with Crippen LogP contribution in [0.3, 0.4) is 0 Å². The minimum atomic E-state index is -1.73. The van der Waals surface area contributed by atoms with Crippen molar-refractivity contribution in [2.24, 2.45) is 5.92 Å². The van der Waals surface area contributed by atoms with Crippen LogP contribution in [0.5, 0.6) is 5.75 Å². The molecule has 1 aromatic carbocycles. The largest absolute Gasteiger partial charge is 0.495 e. The zero-order valence-corrected chi connectivity index (χ0v) is 23.8. The van der Waals surface area contributed by atoms with Gasteiger partial charge in [0.15, 0.2) is 5.72 Å². The van der Waals surface area contributed by atoms with Gasteiger partial charge in [0.05, 0.1) is 31.4 Å². The number of benzene rings is 1. The van der Waals surface area contributed by atoms with E-state index in [0.717, 1.165) is 11.1 Å². The number of carbonyl (C=O) groups is 2. The molecule has 0 radical (unpaired) electrons. The molecule has 3 aliphatic rings. The van der Waals surface area contributed by atoms with Crippen molar-refractivity contribution in [3.8, 4) is 5.75 Å². The molecular formula is C28H37ClN2O8. The molecule has 1 unspecified atom stereocenters. The summed E-state index contributed by atoms with van der Waals surface area (Å²) in [7, 11) is 4.56. The van der Waals surface area contributed by atoms with Gasteiger partial charge >= 0.3 is 6.09 Å². The van der Waals surface area contributed by atoms with Crippen LogP contribution >= 0.6 is 11.6 Å². The fourth-order valence-corrected chi connectivity index (χ4v) is 5.78. The van der Waals surface area contributed by atoms with Gasteiger partial charge in [-0.1, -0.05) is 42.3 Å². The molecule has 0 saturated carbocycles. The lowest BCUT2D eigenvalue weighted by Crippen LogP contribution is -2.63. The molecule has 2 saturated heterocycles. The number of carbonyl (C=O) groups excluding carboxylic acids is 2. The summed E-state index contributed by atoms with van der Waals surface area (Å²) in [4.78, 5) is 27.1. The minimum absolute atomic E-state index is 0.0310. The quantitative estimate of drug-likeness (QED) is 0.467. The molecule has 7 atom stereocenters. The predicted molar refractivity (Wildman–Crippen MR) is 145 cm³/mol. The maximum atomic E-state index is 13.3. The Hall–Kier alpha value is -2.63. The van der Waals surface area contributed by atoms with Crippen molar-refractivity contribution >= 4 is 29.3 Å². The molecule has 0 aliphatic carbocycles. The van der Waals surface area contributed by atoms with E-state index in [1.807, 2.05) is 32.1 Å². The number of nitrogens with zero attached hydrogens (tertiary/aromatic N) is 1. The van der Waals surface area contributed by atoms with E-state index in [2.05, 4.69) is 5.32 Å². The third kappa shape index (κ3) is 5.81. The molecular weight excluding hydrogens is 528 g/mol. The number of rotatable bonds is 2. The number of methoxy groups -OCH3 is 2. The topological polar surface area (TPSA) is 130 Å². The molecule has 39 heavy (non-hydrogen) atoms. The van der Waals surface area contributed by atoms with Gasteiger partial charge in [0.25, 0.3) is 0 Å². The zero-order chi connectivity index (χ0) is 28.7. The van der Waals surface area contributed by atoms with Crippen molar-refractivity contribution < 1.29 is 38.7 Å². The van der Waals surface area contributed by atoms with Gasteiger partial charge in [0.2, 0.25) is 5.91 Å². The fourth-order valence-electron chi connectivity index (χ4n) is 5.46. The number of ether oxygens (including phenoxy) is 4. The highest BCUT2D eigenvalue weighted by Gasteiger charge is 2.62. The first-order valence-corrected chi connectivity index (χ1v) is 13.3. The average molecular weight is 565 g/mol. The molecule has 2 fully saturated rings. The highest BCUT2D eigenvalue weighted by atomic mass is 35.5. The summed E-state index contributed by atoms with van der Waals surface area (Å²) in [6, 6.07) is 3.63. The Balaban J connectivity index is 1.74. The van der Waals surface area contributed by atoms with Crippen molar-refractivity contribution in [1.82, 2.24) is 5.32 Å². The van der Waals surface area contributed by atoms with Crippen LogP contribution in [0.1, 0.15) is 39.2 Å². The van der Waals surface area contributed by atoms with Gasteiger partial charge in [-0.05, 0) is 38.0 Å². The lowest BCUT2D eigenvalue weighted by atomic mass is 9.84. The molecule has 214 valence electrons. The Bertz CT molecular complexity index is 1190. The van der Waals surface area contributed by atoms with E-state index in [9.17, 15) is 19.8 Å². The normalized spacial score (nSPS) is 37.6. The minimum Gasteiger partial charge on any atom is -0.495 e. The van der Waals surface area contributed by atoms with Gasteiger partial charge in [-0.25, -0.2) is 4.79 Å². The van der Waals surface area contributed by atoms with Crippen LogP contribution in [0, 0.1) is 5.92 Å². The Kier molecular flexibility index (Phi) is 8.35. The molecule has 3 heterocycles. The highest BCUT2D eigenvalue weighted by molar-refractivity contribution is 6.35. The Morgan fingerprint density at radius 1 is 1.26 bits per heavy atom. The molecule has 4 bridgehead atoms. The predicted octanol–water partition coefficient (Wildman–Crippen LogP) is 3.12. The van der Waals surface area contributed by atoms with E-state index < -0.39 is 47.8 Å². The van der Waals surface area contributed by atoms with Crippen molar-refractivity contribution in [3.05, 3.63) is 46.5 Å². The SMILES string of the molecule is COc1cc2cc(c1Cl)N(C)C(=O)CC(O)[C@]1(C)O[C@H]1[C@H](C)[C@@H]1C[C@@](O)(NC(=O)O1)[C@H](OC)/C=C\C=C(\C)C2. The molecule has 4 rings (SSSR count). The van der Waals surface area contributed by atoms with Crippen LogP contribution in [-0.4, -0.2) is 79.2 Å². The molecule has 2 amide bonds. The molecule has 1 aromatic rings. The second-order valence-electron chi connectivity index (χ2n) is 10.8. The van der Waals surface area contributed by atoms with Gasteiger partial charge in [0, 0.05) is 26.5 Å². The Morgan fingerprint density at radius 3 is 2.64 bits per heavy atom. The third-order valence-electron chi connectivity index (χ3n) is 7.98. The number of epoxide rings is 1. The van der Waals surface area contributed by atoms with Crippen LogP contribution in [0.25, 0.3) is 0 Å². The number of hydrogen-bond acceptors (Lipinski definition) is 8. The van der Waals surface area contributed by atoms with Crippen LogP contribution < -0.4 is 15.0 Å². The maximum absolute atomic E-state index is 13.3. The second-order valence-corrected chi connectivity index (χ2v) is 11.2. The van der Waals surface area contributed by atoms with E-state index >= 15 is 0 Å². The van der Waals surface area contributed by atoms with Crippen molar-refractivity contribution in [2.75, 3.05) is 26.2 Å². The van der Waals surface area contributed by atoms with E-state index in [4.69, 9.17) is 30.5 Å². The van der Waals surface area contributed by atoms with Gasteiger partial charge in [-0.2, -0.15) is 0 Å². The number of nitrogens with one attached hydrogen (secondary N) is 1. The van der Waals surface area contributed by atoms with Gasteiger partial charge < -0.3 is 34.1 Å². The van der Waals surface area contributed by atoms with Gasteiger partial charge in [0.1, 0.15) is 28.6 Å². The number of aliphatic hydroxyl groups excluding tert-OH is 1. The van der Waals surface area contributed by atoms with E-state index in [-0.39, 0.29) is 23.8 Å². The second kappa shape index (κ2) is 11.1. The number of fused-ring (bicyclic) bond motifs is 5. The van der Waals surface area contributed by atoms with Gasteiger partial charge in [-0.3, -0.25) is 10.1 Å². The van der Waals surface area contributed by atoms with E-state index in [1.54, 1.807) is 26.1 Å². The summed E-state index contributed by atoms with van der Waals surface area (Å²) in [5.41, 5.74) is -0.479. The summed E-state index contributed by atoms with van der Waals surface area (Å²) in [5, 5.41) is 25.3. The molecule has 11 heteroatoms. The van der Waals surface area contributed by atoms with Crippen LogP contribution in [-0.2, 0) is 25.4 Å². The summed E-state index contributed by atoms with van der Waals surface area (Å²) < 4.78 is 22.4. The van der Waals surface area contributed by atoms with Crippen LogP contribution in [0.15, 0.2) is 35.9 Å². The molecule has 3 aliphatic heterocycles. The van der Waals surface area contributed by atoms with Crippen molar-refractivity contribution in [2.45, 2.75) is 75.8 Å². The summed E-state index contributed by atoms with van der Waals surface area (Å²) in [6.07, 6.45) is 1.63. The van der Waals surface area contributed by atoms with Crippen LogP contribution in [0.2, 0.25) is 5.02 Å². The maximum Gasteiger partial charge on any atom is 0.409 e. The van der Waals surface area contributed by atoms with E-state index in [1.165, 1.54) is 19.1 Å². The lowest BCUT2D eigenvalue weighted by Gasteiger charge is -2.42. The lowest BCUT2D eigenvalue weighted by molar-refractivity contribution is -0.142. The van der Waals surface area contributed by atoms with Gasteiger partial charge in [-0.15, -0.1) is 0 Å². The average Bonchev–Trinajstić information content (AvgIpc) is 3.58. The Labute approximate surface area is 233 Å². The summed E-state index contributed by atoms with van der Waals surface area (Å²) in [6.45, 7) is 5.48. The molecule has 3 N–H and O–H groups in total. The number of amides is 2. The molecule has 0 spiro atoms. The number of alkyl carbamates (subject to hydrolysis) is 1. The van der Waals surface area contributed by atoms with Crippen LogP contribution in [0.4, 0.5) is 10.5 Å². The monoisotopic (exact) mass is 564 g/mol. The smallest absolute Gasteiger partial charge is 0.409 e. The summed E-state index contributed by atoms with van der Waals surface area (Å²) in [5.74, 6) is -0.323. The number of anilines is 1. The number of halogens is 1. The first kappa shape index (κ1) is 29.4. The molecule has 0 aromatic heterocycles. The highest BCUT2D eigenvalue weighted by Crippen LogP contribution is 2.48. The number of hydrogen-bond donors (Lipinski definition) is 3. The molecule has 10 nitrogen and oxygen atoms in total. The zero-order valence-electron chi connectivity index (χ0n) is 23.1. The number of allylic oxidation sites excluding steroid dienone is 3. The van der Waals surface area contributed by atoms with Crippen molar-refractivity contribution in [1.29, 1.82) is 0 Å². The first-order valence-electron chi connectivity index (χ1n) is 12.9. The standard InChI is InChI=1S/C28H37ClN2O8/c1-15-8-7-9-22(37-6)28(35)14-20(38-26(34)30-28)16(2)25-27(3,39-25)21(32)13-23(33)31(4)18-11-17(10-15)12-19(36-5)24(18)29/h7-9,11-12,16,20-22,25,32,35H,10,13-14H2,1-6H3,(H,30,34)/b9-7-,15-8-/t16-,20+,21?,22-,25+,27+,28+/m1/s1. The fraction of sp³-hybridized carbons (Fsp3) is 0.571. The first-order chi connectivity index (χ1) is 18.3. The van der Waals surface area contributed by atoms with Crippen molar-refractivity contribution in [3.63, 3.8) is 0 Å². The Morgan fingerprint density at radius 2 is 1.97 bits per heavy atom. The third-order valence-corrected chi connectivity index (χ3v) is 8.36. The number of aliphatic hydroxyl groups is 2.